The van der Waals surface area contributed by atoms with Crippen molar-refractivity contribution in [3.05, 3.63) is 64.0 Å². The zero-order valence-corrected chi connectivity index (χ0v) is 15.6. The minimum atomic E-state index is 0.777. The molecule has 25 heavy (non-hydrogen) atoms. The molecule has 2 aromatic carbocycles. The summed E-state index contributed by atoms with van der Waals surface area (Å²) < 4.78 is 5.15. The Bertz CT molecular complexity index is 875. The number of hydrogen-bond donors (Lipinski definition) is 1. The number of aromatic nitrogens is 1. The maximum absolute atomic E-state index is 5.15. The largest absolute Gasteiger partial charge is 0.497 e. The molecule has 0 bridgehead atoms. The molecule has 128 valence electrons. The van der Waals surface area contributed by atoms with Crippen LogP contribution in [0.25, 0.3) is 11.3 Å². The van der Waals surface area contributed by atoms with Crippen LogP contribution in [0.4, 0.5) is 5.13 Å². The maximum Gasteiger partial charge on any atom is 0.203 e. The lowest BCUT2D eigenvalue weighted by Gasteiger charge is -2.08. The molecule has 0 unspecified atom stereocenters. The van der Waals surface area contributed by atoms with E-state index in [2.05, 4.69) is 53.8 Å². The Morgan fingerprint density at radius 1 is 1.08 bits per heavy atom. The van der Waals surface area contributed by atoms with Crippen LogP contribution in [0.2, 0.25) is 0 Å². The third kappa shape index (κ3) is 4.06. The number of anilines is 1. The summed E-state index contributed by atoms with van der Waals surface area (Å²) in [5.74, 6) is 0.832. The Morgan fingerprint density at radius 3 is 2.40 bits per heavy atom. The van der Waals surface area contributed by atoms with E-state index in [1.165, 1.54) is 22.3 Å². The number of ether oxygens (including phenoxy) is 1. The number of hydrazone groups is 1. The van der Waals surface area contributed by atoms with E-state index < -0.39 is 0 Å². The number of rotatable bonds is 5. The van der Waals surface area contributed by atoms with Crippen molar-refractivity contribution in [3.8, 4) is 17.0 Å². The summed E-state index contributed by atoms with van der Waals surface area (Å²) in [6.07, 6.45) is 1.77. The Balaban J connectivity index is 1.72. The quantitative estimate of drug-likeness (QED) is 0.508. The highest BCUT2D eigenvalue weighted by Gasteiger charge is 2.10. The second kappa shape index (κ2) is 7.49. The van der Waals surface area contributed by atoms with Crippen molar-refractivity contribution in [2.75, 3.05) is 12.5 Å². The topological polar surface area (TPSA) is 46.5 Å². The molecule has 5 heteroatoms. The van der Waals surface area contributed by atoms with Crippen molar-refractivity contribution in [2.24, 2.45) is 5.10 Å². The van der Waals surface area contributed by atoms with Crippen LogP contribution < -0.4 is 10.2 Å². The highest BCUT2D eigenvalue weighted by Crippen LogP contribution is 2.31. The number of hydrogen-bond acceptors (Lipinski definition) is 5. The van der Waals surface area contributed by atoms with Crippen molar-refractivity contribution < 1.29 is 4.74 Å². The molecular weight excluding hydrogens is 330 g/mol. The van der Waals surface area contributed by atoms with Crippen LogP contribution in [0.15, 0.2) is 46.9 Å². The maximum atomic E-state index is 5.15. The molecule has 0 amide bonds. The first kappa shape index (κ1) is 17.2. The first-order valence-electron chi connectivity index (χ1n) is 8.03. The average molecular weight is 351 g/mol. The molecule has 0 radical (unpaired) electrons. The van der Waals surface area contributed by atoms with E-state index in [0.29, 0.717) is 0 Å². The molecule has 0 saturated carbocycles. The summed E-state index contributed by atoms with van der Waals surface area (Å²) in [6.45, 7) is 6.37. The van der Waals surface area contributed by atoms with Crippen LogP contribution in [0, 0.1) is 20.8 Å². The van der Waals surface area contributed by atoms with Crippen molar-refractivity contribution >= 4 is 22.7 Å². The minimum Gasteiger partial charge on any atom is -0.497 e. The van der Waals surface area contributed by atoms with Gasteiger partial charge < -0.3 is 4.74 Å². The van der Waals surface area contributed by atoms with Crippen molar-refractivity contribution in [1.29, 1.82) is 0 Å². The molecule has 0 atom stereocenters. The van der Waals surface area contributed by atoms with Crippen LogP contribution in [0.5, 0.6) is 5.75 Å². The van der Waals surface area contributed by atoms with Gasteiger partial charge in [-0.2, -0.15) is 5.10 Å². The van der Waals surface area contributed by atoms with E-state index in [1.807, 2.05) is 24.3 Å². The standard InChI is InChI=1S/C20H21N3OS/c1-13-9-14(2)19(15(3)10-13)18-12-25-20(22-18)23-21-11-16-5-7-17(24-4)8-6-16/h5-12H,1-4H3,(H,22,23)/b21-11-. The van der Waals surface area contributed by atoms with E-state index in [9.17, 15) is 0 Å². The zero-order chi connectivity index (χ0) is 17.8. The highest BCUT2D eigenvalue weighted by atomic mass is 32.1. The van der Waals surface area contributed by atoms with Crippen molar-refractivity contribution in [3.63, 3.8) is 0 Å². The monoisotopic (exact) mass is 351 g/mol. The van der Waals surface area contributed by atoms with E-state index in [4.69, 9.17) is 4.74 Å². The molecule has 3 rings (SSSR count). The first-order valence-corrected chi connectivity index (χ1v) is 8.91. The predicted molar refractivity (Wildman–Crippen MR) is 106 cm³/mol. The van der Waals surface area contributed by atoms with Gasteiger partial charge in [-0.05, 0) is 61.7 Å². The average Bonchev–Trinajstić information content (AvgIpc) is 3.03. The van der Waals surface area contributed by atoms with E-state index in [-0.39, 0.29) is 0 Å². The van der Waals surface area contributed by atoms with Gasteiger partial charge in [0.05, 0.1) is 19.0 Å². The second-order valence-corrected chi connectivity index (χ2v) is 6.81. The lowest BCUT2D eigenvalue weighted by atomic mass is 9.98. The van der Waals surface area contributed by atoms with Crippen LogP contribution in [-0.2, 0) is 0 Å². The molecular formula is C20H21N3OS. The van der Waals surface area contributed by atoms with Gasteiger partial charge in [0, 0.05) is 10.9 Å². The fourth-order valence-corrected chi connectivity index (χ4v) is 3.53. The molecule has 3 aromatic rings. The lowest BCUT2D eigenvalue weighted by molar-refractivity contribution is 0.415. The minimum absolute atomic E-state index is 0.777. The Labute approximate surface area is 152 Å². The number of thiazole rings is 1. The lowest BCUT2D eigenvalue weighted by Crippen LogP contribution is -1.92. The number of nitrogens with zero attached hydrogens (tertiary/aromatic N) is 2. The molecule has 0 saturated heterocycles. The van der Waals surface area contributed by atoms with Gasteiger partial charge in [-0.15, -0.1) is 11.3 Å². The van der Waals surface area contributed by atoms with Gasteiger partial charge in [-0.25, -0.2) is 4.98 Å². The molecule has 1 heterocycles. The fourth-order valence-electron chi connectivity index (χ4n) is 2.88. The van der Waals surface area contributed by atoms with E-state index in [0.717, 1.165) is 22.1 Å². The Kier molecular flexibility index (Phi) is 5.14. The van der Waals surface area contributed by atoms with Gasteiger partial charge in [-0.3, -0.25) is 5.43 Å². The molecule has 0 fully saturated rings. The predicted octanol–water partition coefficient (Wildman–Crippen LogP) is 5.19. The van der Waals surface area contributed by atoms with Gasteiger partial charge in [0.25, 0.3) is 0 Å². The Hall–Kier alpha value is -2.66. The number of methoxy groups -OCH3 is 1. The normalized spacial score (nSPS) is 11.0. The molecule has 1 aromatic heterocycles. The molecule has 1 N–H and O–H groups in total. The molecule has 0 aliphatic heterocycles. The number of aryl methyl sites for hydroxylation is 3. The number of benzene rings is 2. The molecule has 0 aliphatic carbocycles. The van der Waals surface area contributed by atoms with Crippen LogP contribution in [0.1, 0.15) is 22.3 Å². The third-order valence-electron chi connectivity index (χ3n) is 3.93. The molecule has 4 nitrogen and oxygen atoms in total. The Morgan fingerprint density at radius 2 is 1.76 bits per heavy atom. The van der Waals surface area contributed by atoms with Crippen molar-refractivity contribution in [1.82, 2.24) is 4.98 Å². The van der Waals surface area contributed by atoms with Gasteiger partial charge in [0.1, 0.15) is 5.75 Å². The summed E-state index contributed by atoms with van der Waals surface area (Å²) in [7, 11) is 1.65. The second-order valence-electron chi connectivity index (χ2n) is 5.95. The van der Waals surface area contributed by atoms with Gasteiger partial charge >= 0.3 is 0 Å². The van der Waals surface area contributed by atoms with Crippen LogP contribution in [-0.4, -0.2) is 18.3 Å². The molecule has 0 spiro atoms. The van der Waals surface area contributed by atoms with E-state index >= 15 is 0 Å². The first-order chi connectivity index (χ1) is 12.1. The highest BCUT2D eigenvalue weighted by molar-refractivity contribution is 7.14. The smallest absolute Gasteiger partial charge is 0.203 e. The van der Waals surface area contributed by atoms with Gasteiger partial charge in [-0.1, -0.05) is 17.7 Å². The summed E-state index contributed by atoms with van der Waals surface area (Å²) >= 11 is 1.55. The molecule has 0 aliphatic rings. The zero-order valence-electron chi connectivity index (χ0n) is 14.8. The van der Waals surface area contributed by atoms with Gasteiger partial charge in [0.15, 0.2) is 0 Å². The van der Waals surface area contributed by atoms with Crippen LogP contribution in [0.3, 0.4) is 0 Å². The summed E-state index contributed by atoms with van der Waals surface area (Å²) in [5, 5.41) is 7.11. The summed E-state index contributed by atoms with van der Waals surface area (Å²) in [4.78, 5) is 4.66. The number of nitrogens with one attached hydrogen (secondary N) is 1. The van der Waals surface area contributed by atoms with Gasteiger partial charge in [0.2, 0.25) is 5.13 Å². The summed E-state index contributed by atoms with van der Waals surface area (Å²) in [6, 6.07) is 12.1. The SMILES string of the molecule is COc1ccc(/C=N\Nc2nc(-c3c(C)cc(C)cc3C)cs2)cc1. The third-order valence-corrected chi connectivity index (χ3v) is 4.67. The van der Waals surface area contributed by atoms with Crippen molar-refractivity contribution in [2.45, 2.75) is 20.8 Å². The van der Waals surface area contributed by atoms with E-state index in [1.54, 1.807) is 24.7 Å². The fraction of sp³-hybridized carbons (Fsp3) is 0.200. The van der Waals surface area contributed by atoms with Crippen LogP contribution >= 0.6 is 11.3 Å². The summed E-state index contributed by atoms with van der Waals surface area (Å²) in [5.41, 5.74) is 9.96.